The van der Waals surface area contributed by atoms with Crippen molar-refractivity contribution in [2.24, 2.45) is 0 Å². The second kappa shape index (κ2) is 9.43. The SMILES string of the molecule is Cc1nn(Cc2ccc(C(=O)NCCCn3nc(C(F)(F)F)cc3C)cc2)c(C)c1[N+](=O)[O-]. The number of aromatic nitrogens is 4. The molecular formula is C21H23F3N6O3. The molecule has 0 atom stereocenters. The van der Waals surface area contributed by atoms with Gasteiger partial charge in [0.1, 0.15) is 11.4 Å². The Morgan fingerprint density at radius 3 is 2.33 bits per heavy atom. The topological polar surface area (TPSA) is 108 Å². The molecule has 2 aromatic heterocycles. The van der Waals surface area contributed by atoms with Gasteiger partial charge in [0.25, 0.3) is 5.91 Å². The highest BCUT2D eigenvalue weighted by atomic mass is 19.4. The van der Waals surface area contributed by atoms with E-state index in [0.717, 1.165) is 11.6 Å². The molecule has 1 aromatic carbocycles. The van der Waals surface area contributed by atoms with Gasteiger partial charge in [-0.25, -0.2) is 0 Å². The quantitative estimate of drug-likeness (QED) is 0.310. The Labute approximate surface area is 187 Å². The Bertz CT molecular complexity index is 1170. The van der Waals surface area contributed by atoms with Crippen LogP contribution in [0.2, 0.25) is 0 Å². The van der Waals surface area contributed by atoms with Crippen molar-refractivity contribution in [1.29, 1.82) is 0 Å². The van der Waals surface area contributed by atoms with Gasteiger partial charge < -0.3 is 5.32 Å². The average Bonchev–Trinajstić information content (AvgIpc) is 3.24. The van der Waals surface area contributed by atoms with E-state index < -0.39 is 16.8 Å². The minimum absolute atomic E-state index is 0.00840. The standard InChI is InChI=1S/C21H23F3N6O3/c1-13-11-18(21(22,23)24)27-28(13)10-4-9-25-20(31)17-7-5-16(6-8-17)12-29-15(3)19(30(32)33)14(2)26-29/h5-8,11H,4,9-10,12H2,1-3H3,(H,25,31). The zero-order valence-electron chi connectivity index (χ0n) is 18.3. The van der Waals surface area contributed by atoms with Gasteiger partial charge in [-0.3, -0.25) is 24.3 Å². The number of alkyl halides is 3. The van der Waals surface area contributed by atoms with Crippen LogP contribution in [0.5, 0.6) is 0 Å². The van der Waals surface area contributed by atoms with Crippen LogP contribution in [0.1, 0.15) is 45.1 Å². The molecule has 0 aliphatic carbocycles. The summed E-state index contributed by atoms with van der Waals surface area (Å²) in [6.45, 7) is 5.61. The molecule has 0 radical (unpaired) electrons. The Hall–Kier alpha value is -3.70. The fraction of sp³-hybridized carbons (Fsp3) is 0.381. The van der Waals surface area contributed by atoms with Crippen molar-refractivity contribution < 1.29 is 22.9 Å². The smallest absolute Gasteiger partial charge is 0.352 e. The molecule has 0 spiro atoms. The van der Waals surface area contributed by atoms with Crippen LogP contribution in [0.4, 0.5) is 18.9 Å². The van der Waals surface area contributed by atoms with E-state index in [4.69, 9.17) is 0 Å². The lowest BCUT2D eigenvalue weighted by atomic mass is 10.1. The minimum Gasteiger partial charge on any atom is -0.352 e. The molecule has 0 fully saturated rings. The molecule has 2 heterocycles. The zero-order valence-corrected chi connectivity index (χ0v) is 18.3. The van der Waals surface area contributed by atoms with Gasteiger partial charge in [0, 0.05) is 24.3 Å². The molecule has 1 amide bonds. The van der Waals surface area contributed by atoms with Gasteiger partial charge in [0.15, 0.2) is 5.69 Å². The molecule has 0 aliphatic rings. The molecule has 0 bridgehead atoms. The van der Waals surface area contributed by atoms with E-state index in [0.29, 0.717) is 35.6 Å². The first-order valence-corrected chi connectivity index (χ1v) is 10.1. The number of benzene rings is 1. The van der Waals surface area contributed by atoms with E-state index in [1.165, 1.54) is 4.68 Å². The summed E-state index contributed by atoms with van der Waals surface area (Å²) >= 11 is 0. The van der Waals surface area contributed by atoms with Crippen LogP contribution in [0.3, 0.4) is 0 Å². The molecule has 3 aromatic rings. The summed E-state index contributed by atoms with van der Waals surface area (Å²) < 4.78 is 41.0. The van der Waals surface area contributed by atoms with E-state index in [1.54, 1.807) is 49.7 Å². The maximum Gasteiger partial charge on any atom is 0.435 e. The lowest BCUT2D eigenvalue weighted by Gasteiger charge is -2.08. The van der Waals surface area contributed by atoms with Crippen molar-refractivity contribution in [3.05, 3.63) is 74.3 Å². The van der Waals surface area contributed by atoms with Gasteiger partial charge in [-0.1, -0.05) is 12.1 Å². The first-order chi connectivity index (χ1) is 15.5. The molecule has 3 rings (SSSR count). The Balaban J connectivity index is 1.52. The van der Waals surface area contributed by atoms with E-state index in [-0.39, 0.29) is 24.7 Å². The Kier molecular flexibility index (Phi) is 6.84. The van der Waals surface area contributed by atoms with Crippen molar-refractivity contribution >= 4 is 11.6 Å². The zero-order chi connectivity index (χ0) is 24.3. The van der Waals surface area contributed by atoms with Gasteiger partial charge in [-0.05, 0) is 51.0 Å². The number of nitrogens with zero attached hydrogens (tertiary/aromatic N) is 5. The molecule has 9 nitrogen and oxygen atoms in total. The first kappa shape index (κ1) is 24.0. The summed E-state index contributed by atoms with van der Waals surface area (Å²) in [5.41, 5.74) is 1.50. The summed E-state index contributed by atoms with van der Waals surface area (Å²) in [5.74, 6) is -0.309. The van der Waals surface area contributed by atoms with E-state index >= 15 is 0 Å². The highest BCUT2D eigenvalue weighted by molar-refractivity contribution is 5.94. The second-order valence-electron chi connectivity index (χ2n) is 7.63. The van der Waals surface area contributed by atoms with E-state index in [1.807, 2.05) is 0 Å². The number of halogens is 3. The highest BCUT2D eigenvalue weighted by Gasteiger charge is 2.34. The molecule has 1 N–H and O–H groups in total. The number of carbonyl (C=O) groups is 1. The summed E-state index contributed by atoms with van der Waals surface area (Å²) in [4.78, 5) is 23.0. The number of amides is 1. The molecule has 0 unspecified atom stereocenters. The third kappa shape index (κ3) is 5.57. The molecule has 0 aliphatic heterocycles. The summed E-state index contributed by atoms with van der Waals surface area (Å²) in [6, 6.07) is 7.74. The first-order valence-electron chi connectivity index (χ1n) is 10.1. The van der Waals surface area contributed by atoms with Gasteiger partial charge in [-0.15, -0.1) is 0 Å². The van der Waals surface area contributed by atoms with Gasteiger partial charge in [0.2, 0.25) is 0 Å². The maximum absolute atomic E-state index is 12.7. The fourth-order valence-electron chi connectivity index (χ4n) is 3.45. The summed E-state index contributed by atoms with van der Waals surface area (Å²) in [6.07, 6.45) is -4.07. The lowest BCUT2D eigenvalue weighted by molar-refractivity contribution is -0.386. The highest BCUT2D eigenvalue weighted by Crippen LogP contribution is 2.28. The van der Waals surface area contributed by atoms with E-state index in [9.17, 15) is 28.1 Å². The number of rotatable bonds is 8. The molecule has 12 heteroatoms. The number of hydrogen-bond acceptors (Lipinski definition) is 5. The van der Waals surface area contributed by atoms with Crippen LogP contribution in [-0.2, 0) is 19.3 Å². The monoisotopic (exact) mass is 464 g/mol. The molecular weight excluding hydrogens is 441 g/mol. The Morgan fingerprint density at radius 2 is 1.79 bits per heavy atom. The van der Waals surface area contributed by atoms with Crippen molar-refractivity contribution in [3.8, 4) is 0 Å². The normalized spacial score (nSPS) is 11.6. The van der Waals surface area contributed by atoms with Gasteiger partial charge >= 0.3 is 11.9 Å². The third-order valence-corrected chi connectivity index (χ3v) is 5.18. The Morgan fingerprint density at radius 1 is 1.12 bits per heavy atom. The van der Waals surface area contributed by atoms with Crippen LogP contribution in [0.15, 0.2) is 30.3 Å². The predicted molar refractivity (Wildman–Crippen MR) is 113 cm³/mol. The third-order valence-electron chi connectivity index (χ3n) is 5.18. The molecule has 33 heavy (non-hydrogen) atoms. The number of nitrogens with one attached hydrogen (secondary N) is 1. The summed E-state index contributed by atoms with van der Waals surface area (Å²) in [7, 11) is 0. The maximum atomic E-state index is 12.7. The lowest BCUT2D eigenvalue weighted by Crippen LogP contribution is -2.25. The van der Waals surface area contributed by atoms with Crippen LogP contribution >= 0.6 is 0 Å². The van der Waals surface area contributed by atoms with Crippen molar-refractivity contribution in [2.75, 3.05) is 6.54 Å². The number of nitro groups is 1. The van der Waals surface area contributed by atoms with Crippen LogP contribution in [0, 0.1) is 30.9 Å². The number of carbonyl (C=O) groups excluding carboxylic acids is 1. The second-order valence-corrected chi connectivity index (χ2v) is 7.63. The van der Waals surface area contributed by atoms with Crippen LogP contribution in [-0.4, -0.2) is 36.9 Å². The van der Waals surface area contributed by atoms with E-state index in [2.05, 4.69) is 15.5 Å². The summed E-state index contributed by atoms with van der Waals surface area (Å²) in [5, 5.41) is 21.6. The van der Waals surface area contributed by atoms with Crippen molar-refractivity contribution in [1.82, 2.24) is 24.9 Å². The van der Waals surface area contributed by atoms with Crippen LogP contribution < -0.4 is 5.32 Å². The van der Waals surface area contributed by atoms with Gasteiger partial charge in [0.05, 0.1) is 11.5 Å². The average molecular weight is 464 g/mol. The van der Waals surface area contributed by atoms with Gasteiger partial charge in [-0.2, -0.15) is 23.4 Å². The molecule has 176 valence electrons. The number of aryl methyl sites for hydroxylation is 3. The van der Waals surface area contributed by atoms with Crippen molar-refractivity contribution in [2.45, 2.75) is 46.5 Å². The van der Waals surface area contributed by atoms with Crippen molar-refractivity contribution in [3.63, 3.8) is 0 Å². The molecule has 0 saturated carbocycles. The fourth-order valence-corrected chi connectivity index (χ4v) is 3.45. The number of hydrogen-bond donors (Lipinski definition) is 1. The molecule has 0 saturated heterocycles. The predicted octanol–water partition coefficient (Wildman–Crippen LogP) is 3.80. The minimum atomic E-state index is -4.49. The largest absolute Gasteiger partial charge is 0.435 e. The van der Waals surface area contributed by atoms with Crippen LogP contribution in [0.25, 0.3) is 0 Å².